The van der Waals surface area contributed by atoms with Gasteiger partial charge in [0, 0.05) is 24.9 Å². The monoisotopic (exact) mass is 514 g/mol. The van der Waals surface area contributed by atoms with Crippen molar-refractivity contribution in [2.75, 3.05) is 31.7 Å². The molecule has 0 aromatic heterocycles. The number of anilines is 1. The summed E-state index contributed by atoms with van der Waals surface area (Å²) < 4.78 is 0. The van der Waals surface area contributed by atoms with Gasteiger partial charge in [0.05, 0.1) is 19.1 Å². The highest BCUT2D eigenvalue weighted by Crippen LogP contribution is 2.28. The van der Waals surface area contributed by atoms with E-state index < -0.39 is 5.92 Å². The molecule has 0 spiro atoms. The fourth-order valence-electron chi connectivity index (χ4n) is 3.87. The predicted octanol–water partition coefficient (Wildman–Crippen LogP) is 4.75. The molecule has 1 rings (SSSR count). The van der Waals surface area contributed by atoms with Gasteiger partial charge in [0.1, 0.15) is 0 Å². The number of nitrogens with zero attached hydrogens (tertiary/aromatic N) is 2. The molecule has 3 amide bonds. The zero-order chi connectivity index (χ0) is 27.8. The Morgan fingerprint density at radius 2 is 1.84 bits per heavy atom. The molecule has 0 radical (unpaired) electrons. The first-order valence-electron chi connectivity index (χ1n) is 13.3. The number of amides is 3. The van der Waals surface area contributed by atoms with Gasteiger partial charge in [-0.15, -0.1) is 0 Å². The van der Waals surface area contributed by atoms with Crippen molar-refractivity contribution in [2.45, 2.75) is 66.7 Å². The van der Waals surface area contributed by atoms with Gasteiger partial charge in [0.25, 0.3) is 0 Å². The predicted molar refractivity (Wildman–Crippen MR) is 150 cm³/mol. The van der Waals surface area contributed by atoms with E-state index in [0.29, 0.717) is 23.0 Å². The minimum absolute atomic E-state index is 0.0347. The molecule has 0 aliphatic heterocycles. The van der Waals surface area contributed by atoms with Gasteiger partial charge >= 0.3 is 0 Å². The van der Waals surface area contributed by atoms with Crippen LogP contribution in [-0.4, -0.2) is 55.3 Å². The highest BCUT2D eigenvalue weighted by molar-refractivity contribution is 5.93. The molecule has 8 nitrogen and oxygen atoms in total. The molecule has 1 aromatic rings. The number of rotatable bonds is 17. The lowest BCUT2D eigenvalue weighted by Crippen LogP contribution is -2.43. The third-order valence-corrected chi connectivity index (χ3v) is 6.68. The fraction of sp³-hybridized carbons (Fsp3) is 0.552. The van der Waals surface area contributed by atoms with Gasteiger partial charge < -0.3 is 15.5 Å². The maximum atomic E-state index is 12.6. The number of carbonyl (C=O) groups excluding carboxylic acids is 3. The lowest BCUT2D eigenvalue weighted by atomic mass is 9.91. The van der Waals surface area contributed by atoms with E-state index in [2.05, 4.69) is 74.5 Å². The van der Waals surface area contributed by atoms with Crippen LogP contribution in [-0.2, 0) is 14.4 Å². The average Bonchev–Trinajstić information content (AvgIpc) is 2.91. The van der Waals surface area contributed by atoms with Crippen LogP contribution in [0.3, 0.4) is 0 Å². The molecule has 0 bridgehead atoms. The maximum Gasteiger partial charge on any atom is 0.248 e. The first-order valence-corrected chi connectivity index (χ1v) is 13.3. The van der Waals surface area contributed by atoms with Crippen molar-refractivity contribution in [1.82, 2.24) is 15.7 Å². The quantitative estimate of drug-likeness (QED) is 0.0530. The zero-order valence-corrected chi connectivity index (χ0v) is 23.4. The normalized spacial score (nSPS) is 13.5. The number of allylic oxidation sites excluding steroid dienone is 3. The first-order chi connectivity index (χ1) is 17.7. The van der Waals surface area contributed by atoms with Crippen LogP contribution in [0.4, 0.5) is 5.69 Å². The van der Waals surface area contributed by atoms with E-state index in [1.54, 1.807) is 6.92 Å². The Morgan fingerprint density at radius 3 is 2.46 bits per heavy atom. The first kappa shape index (κ1) is 31.9. The molecule has 1 aromatic carbocycles. The van der Waals surface area contributed by atoms with Crippen LogP contribution in [0.15, 0.2) is 42.0 Å². The molecule has 37 heavy (non-hydrogen) atoms. The van der Waals surface area contributed by atoms with Gasteiger partial charge in [0.15, 0.2) is 0 Å². The van der Waals surface area contributed by atoms with Gasteiger partial charge in [-0.2, -0.15) is 0 Å². The number of hydrogen-bond donors (Lipinski definition) is 3. The second kappa shape index (κ2) is 17.3. The Bertz CT molecular complexity index is 928. The highest BCUT2D eigenvalue weighted by Gasteiger charge is 2.20. The van der Waals surface area contributed by atoms with Crippen molar-refractivity contribution in [3.05, 3.63) is 47.6 Å². The molecule has 0 saturated carbocycles. The Kier molecular flexibility index (Phi) is 15.0. The van der Waals surface area contributed by atoms with E-state index in [-0.39, 0.29) is 31.4 Å². The van der Waals surface area contributed by atoms with Gasteiger partial charge in [0.2, 0.25) is 18.2 Å². The topological polar surface area (TPSA) is 102 Å². The Morgan fingerprint density at radius 1 is 1.11 bits per heavy atom. The lowest BCUT2D eigenvalue weighted by molar-refractivity contribution is -0.154. The Balaban J connectivity index is 2.86. The summed E-state index contributed by atoms with van der Waals surface area (Å²) in [4.78, 5) is 38.2. The lowest BCUT2D eigenvalue weighted by Gasteiger charge is -2.20. The molecule has 0 aliphatic carbocycles. The number of hydrogen-bond acceptors (Lipinski definition) is 5. The summed E-state index contributed by atoms with van der Waals surface area (Å²) in [6.07, 6.45) is 8.41. The smallest absolute Gasteiger partial charge is 0.248 e. The van der Waals surface area contributed by atoms with Crippen LogP contribution in [0.25, 0.3) is 5.57 Å². The molecular formula is C29H46N4O4. The van der Waals surface area contributed by atoms with Crippen LogP contribution >= 0.6 is 0 Å². The fourth-order valence-corrected chi connectivity index (χ4v) is 3.87. The van der Waals surface area contributed by atoms with E-state index in [9.17, 15) is 19.6 Å². The van der Waals surface area contributed by atoms with Crippen molar-refractivity contribution >= 4 is 29.5 Å². The van der Waals surface area contributed by atoms with E-state index in [0.717, 1.165) is 49.1 Å². The third kappa shape index (κ3) is 11.2. The standard InChI is InChI=1S/C29H46N4O4/c1-7-10-11-13-25(19-33(37)21-34)29(36)31-20-30-28(35)23(5)16-17-27(22(4)8-2)24-14-12-15-26(18-24)32(6)9-3/h12,14-18,21-22,25,37H,7-11,13,19-20H2,1-6H3,(H,30,35)(H,31,36)/b23-16+,27-17+. The summed E-state index contributed by atoms with van der Waals surface area (Å²) in [7, 11) is 2.06. The van der Waals surface area contributed by atoms with Crippen LogP contribution in [0.5, 0.6) is 0 Å². The number of hydroxylamine groups is 2. The molecular weight excluding hydrogens is 468 g/mol. The number of benzene rings is 1. The Labute approximate surface area is 222 Å². The Hall–Kier alpha value is -3.13. The second-order valence-corrected chi connectivity index (χ2v) is 9.49. The molecule has 2 atom stereocenters. The molecule has 206 valence electrons. The van der Waals surface area contributed by atoms with Gasteiger partial charge in [-0.3, -0.25) is 19.6 Å². The van der Waals surface area contributed by atoms with Gasteiger partial charge in [-0.05, 0) is 55.9 Å². The SMILES string of the molecule is CCCCCC(CN(O)C=O)C(=O)NCNC(=O)/C(C)=C/C=C(/c1cccc(N(C)CC)c1)C(C)CC. The van der Waals surface area contributed by atoms with Crippen molar-refractivity contribution in [2.24, 2.45) is 11.8 Å². The van der Waals surface area contributed by atoms with E-state index in [4.69, 9.17) is 0 Å². The van der Waals surface area contributed by atoms with E-state index >= 15 is 0 Å². The summed E-state index contributed by atoms with van der Waals surface area (Å²) >= 11 is 0. The molecule has 2 unspecified atom stereocenters. The third-order valence-electron chi connectivity index (χ3n) is 6.68. The minimum Gasteiger partial charge on any atom is -0.375 e. The molecule has 3 N–H and O–H groups in total. The van der Waals surface area contributed by atoms with Crippen LogP contribution < -0.4 is 15.5 Å². The van der Waals surface area contributed by atoms with Crippen molar-refractivity contribution < 1.29 is 19.6 Å². The van der Waals surface area contributed by atoms with Crippen molar-refractivity contribution in [3.8, 4) is 0 Å². The summed E-state index contributed by atoms with van der Waals surface area (Å²) in [6.45, 7) is 11.0. The molecule has 0 aliphatic rings. The van der Waals surface area contributed by atoms with E-state index in [1.807, 2.05) is 12.2 Å². The summed E-state index contributed by atoms with van der Waals surface area (Å²) in [6, 6.07) is 8.42. The van der Waals surface area contributed by atoms with Gasteiger partial charge in [-0.1, -0.05) is 64.3 Å². The van der Waals surface area contributed by atoms with E-state index in [1.165, 1.54) is 0 Å². The van der Waals surface area contributed by atoms with Crippen LogP contribution in [0.1, 0.15) is 72.3 Å². The zero-order valence-electron chi connectivity index (χ0n) is 23.4. The van der Waals surface area contributed by atoms with Crippen molar-refractivity contribution in [3.63, 3.8) is 0 Å². The second-order valence-electron chi connectivity index (χ2n) is 9.49. The molecule has 0 saturated heterocycles. The molecule has 8 heteroatoms. The van der Waals surface area contributed by atoms with Gasteiger partial charge in [-0.25, -0.2) is 5.06 Å². The molecule has 0 fully saturated rings. The van der Waals surface area contributed by atoms with Crippen LogP contribution in [0, 0.1) is 11.8 Å². The summed E-state index contributed by atoms with van der Waals surface area (Å²) in [5.74, 6) is -0.817. The summed E-state index contributed by atoms with van der Waals surface area (Å²) in [5.41, 5.74) is 3.96. The number of nitrogens with one attached hydrogen (secondary N) is 2. The average molecular weight is 515 g/mol. The largest absolute Gasteiger partial charge is 0.375 e. The van der Waals surface area contributed by atoms with Crippen molar-refractivity contribution in [1.29, 1.82) is 0 Å². The highest BCUT2D eigenvalue weighted by atomic mass is 16.5. The minimum atomic E-state index is -0.543. The summed E-state index contributed by atoms with van der Waals surface area (Å²) in [5, 5.41) is 15.4. The van der Waals surface area contributed by atoms with Crippen LogP contribution in [0.2, 0.25) is 0 Å². The number of carbonyl (C=O) groups is 3. The molecule has 0 heterocycles. The number of unbranched alkanes of at least 4 members (excludes halogenated alkanes) is 2. The maximum absolute atomic E-state index is 12.6.